The summed E-state index contributed by atoms with van der Waals surface area (Å²) >= 11 is 1.57. The van der Waals surface area contributed by atoms with E-state index in [1.807, 2.05) is 69.6 Å². The first-order valence-corrected chi connectivity index (χ1v) is 20.8. The van der Waals surface area contributed by atoms with Gasteiger partial charge in [-0.15, -0.1) is 11.3 Å². The van der Waals surface area contributed by atoms with Crippen molar-refractivity contribution < 1.29 is 24.6 Å². The van der Waals surface area contributed by atoms with Crippen LogP contribution in [0.5, 0.6) is 5.75 Å². The lowest BCUT2D eigenvalue weighted by Crippen LogP contribution is -2.57. The van der Waals surface area contributed by atoms with Gasteiger partial charge in [0.25, 0.3) is 5.91 Å². The van der Waals surface area contributed by atoms with Gasteiger partial charge >= 0.3 is 0 Å². The molecule has 0 bridgehead atoms. The molecule has 0 aliphatic carbocycles. The van der Waals surface area contributed by atoms with Crippen LogP contribution in [0.3, 0.4) is 0 Å². The van der Waals surface area contributed by atoms with Crippen molar-refractivity contribution in [3.05, 3.63) is 125 Å². The molecule has 3 amide bonds. The number of phenols is 1. The number of aryl methyl sites for hydroxylation is 1. The summed E-state index contributed by atoms with van der Waals surface area (Å²) in [5.74, 6) is -1.51. The predicted molar refractivity (Wildman–Crippen MR) is 236 cm³/mol. The van der Waals surface area contributed by atoms with E-state index in [4.69, 9.17) is 16.6 Å². The molecule has 2 fully saturated rings. The molecule has 4 heterocycles. The molecule has 0 spiro atoms. The zero-order chi connectivity index (χ0) is 43.6. The van der Waals surface area contributed by atoms with Gasteiger partial charge in [-0.05, 0) is 65.9 Å². The maximum Gasteiger partial charge on any atom is 0.251 e. The number of β-amino-alcohol motifs (C(OH)–C–C–N with tert-alkyl or cyclic N) is 1. The number of nitrogens with zero attached hydrogens (tertiary/aromatic N) is 5. The Balaban J connectivity index is 0.947. The van der Waals surface area contributed by atoms with Gasteiger partial charge in [-0.25, -0.2) is 4.98 Å². The lowest BCUT2D eigenvalue weighted by atomic mass is 9.85. The average molecular weight is 843 g/mol. The van der Waals surface area contributed by atoms with E-state index in [1.54, 1.807) is 58.7 Å². The molecule has 2 aliphatic rings. The number of rotatable bonds is 13. The number of phenolic OH excluding ortho intramolecular Hbond substituents is 1. The van der Waals surface area contributed by atoms with E-state index in [-0.39, 0.29) is 48.8 Å². The Morgan fingerprint density at radius 3 is 2.34 bits per heavy atom. The zero-order valence-corrected chi connectivity index (χ0v) is 35.2. The third-order valence-electron chi connectivity index (χ3n) is 11.1. The van der Waals surface area contributed by atoms with E-state index in [2.05, 4.69) is 25.6 Å². The molecular formula is C45H50N10O5S. The number of aromatic hydroxyl groups is 1. The van der Waals surface area contributed by atoms with Gasteiger partial charge in [0.1, 0.15) is 23.7 Å². The molecule has 7 rings (SSSR count). The first-order chi connectivity index (χ1) is 29.1. The minimum atomic E-state index is -0.979. The number of hydrogen-bond acceptors (Lipinski definition) is 11. The molecule has 15 nitrogen and oxygen atoms in total. The topological polar surface area (TPSA) is 227 Å². The summed E-state index contributed by atoms with van der Waals surface area (Å²) in [7, 11) is 0. The number of nitrogens with two attached hydrogens (primary N) is 1. The number of carbonyl (C=O) groups excluding carboxylic acids is 3. The SMILES string of the molecule is Cc1ncsc1-c1ccc(CNC(=O)[C@@H]2C[C@@H](O)CN2C(=O)[C@@H](NC(=O)c2ccc(N3CC(n4cc(/C(=C/C(=N)c5ccccc5O)C(=N)N)cn4)C3)cc2)C(C)(C)C)cc1. The number of anilines is 1. The summed E-state index contributed by atoms with van der Waals surface area (Å²) in [6.45, 7) is 9.01. The number of allylic oxidation sites excluding steroid dienone is 1. The second-order valence-corrected chi connectivity index (χ2v) is 17.4. The number of aliphatic hydroxyl groups excluding tert-OH is 1. The van der Waals surface area contributed by atoms with Gasteiger partial charge in [0.15, 0.2) is 0 Å². The quantitative estimate of drug-likeness (QED) is 0.0632. The Labute approximate surface area is 357 Å². The Morgan fingerprint density at radius 1 is 1.00 bits per heavy atom. The van der Waals surface area contributed by atoms with E-state index in [0.29, 0.717) is 35.4 Å². The molecule has 5 aromatic rings. The highest BCUT2D eigenvalue weighted by Crippen LogP contribution is 2.31. The number of likely N-dealkylation sites (tertiary alicyclic amines) is 1. The van der Waals surface area contributed by atoms with Gasteiger partial charge in [-0.1, -0.05) is 57.2 Å². The van der Waals surface area contributed by atoms with Crippen LogP contribution in [0.25, 0.3) is 16.0 Å². The van der Waals surface area contributed by atoms with E-state index in [9.17, 15) is 24.6 Å². The highest BCUT2D eigenvalue weighted by molar-refractivity contribution is 7.13. The third-order valence-corrected chi connectivity index (χ3v) is 12.1. The molecule has 316 valence electrons. The van der Waals surface area contributed by atoms with Crippen LogP contribution in [0, 0.1) is 23.2 Å². The van der Waals surface area contributed by atoms with Crippen LogP contribution in [0.1, 0.15) is 66.0 Å². The number of para-hydroxylation sites is 1. The number of hydrogen-bond donors (Lipinski definition) is 7. The number of amides is 3. The number of nitrogens with one attached hydrogen (secondary N) is 4. The van der Waals surface area contributed by atoms with Gasteiger partial charge in [-0.3, -0.25) is 24.5 Å². The van der Waals surface area contributed by atoms with Crippen molar-refractivity contribution >= 4 is 51.9 Å². The van der Waals surface area contributed by atoms with Gasteiger partial charge in [-0.2, -0.15) is 5.10 Å². The van der Waals surface area contributed by atoms with Crippen LogP contribution < -0.4 is 21.3 Å². The summed E-state index contributed by atoms with van der Waals surface area (Å²) in [6, 6.07) is 19.6. The van der Waals surface area contributed by atoms with Gasteiger partial charge in [0, 0.05) is 66.7 Å². The van der Waals surface area contributed by atoms with E-state index < -0.39 is 35.4 Å². The second kappa shape index (κ2) is 17.5. The smallest absolute Gasteiger partial charge is 0.251 e. The Bertz CT molecular complexity index is 2480. The van der Waals surface area contributed by atoms with Crippen molar-refractivity contribution in [3.8, 4) is 16.2 Å². The van der Waals surface area contributed by atoms with Crippen molar-refractivity contribution in [2.45, 2.75) is 64.9 Å². The normalized spacial score (nSPS) is 17.4. The Kier molecular flexibility index (Phi) is 12.2. The van der Waals surface area contributed by atoms with Crippen LogP contribution in [0.15, 0.2) is 96.8 Å². The highest BCUT2D eigenvalue weighted by atomic mass is 32.1. The molecule has 2 aromatic heterocycles. The number of benzene rings is 3. The molecule has 3 aromatic carbocycles. The van der Waals surface area contributed by atoms with Gasteiger partial charge in [0.05, 0.1) is 40.1 Å². The predicted octanol–water partition coefficient (Wildman–Crippen LogP) is 4.89. The molecule has 8 N–H and O–H groups in total. The van der Waals surface area contributed by atoms with Crippen LogP contribution in [0.2, 0.25) is 0 Å². The van der Waals surface area contributed by atoms with E-state index >= 15 is 0 Å². The Hall–Kier alpha value is -6.65. The standard InChI is InChI=1S/C45H50N10O5S/c1-26-39(61-25-50-26)28-11-9-27(10-12-28)19-49-43(59)37-17-33(56)24-54(37)44(60)40(45(2,3)4)52-42(58)29-13-15-31(16-14-29)53-22-32(23-53)55-21-30(20-51-55)35(41(47)48)18-36(46)34-7-5-6-8-38(34)57/h5-16,18,20-21,25,32-33,37,40,46,56-57H,17,19,22-24H2,1-4H3,(H3,47,48)(H,49,59)(H,52,58)/b35-18-,46-36?/t33-,37+,40-/m1/s1. The van der Waals surface area contributed by atoms with E-state index in [0.717, 1.165) is 27.4 Å². The molecule has 2 saturated heterocycles. The summed E-state index contributed by atoms with van der Waals surface area (Å²) < 4.78 is 1.80. The van der Waals surface area contributed by atoms with Crippen molar-refractivity contribution in [1.82, 2.24) is 30.3 Å². The molecular weight excluding hydrogens is 793 g/mol. The Morgan fingerprint density at radius 2 is 1.70 bits per heavy atom. The average Bonchev–Trinajstić information content (AvgIpc) is 3.97. The number of aromatic nitrogens is 3. The maximum atomic E-state index is 14.2. The van der Waals surface area contributed by atoms with Crippen LogP contribution in [-0.4, -0.2) is 97.0 Å². The number of amidine groups is 1. The molecule has 2 aliphatic heterocycles. The van der Waals surface area contributed by atoms with Crippen molar-refractivity contribution in [1.29, 1.82) is 10.8 Å². The van der Waals surface area contributed by atoms with Crippen LogP contribution in [0.4, 0.5) is 5.69 Å². The largest absolute Gasteiger partial charge is 0.507 e. The fraction of sp³-hybridized carbons (Fsp3) is 0.311. The highest BCUT2D eigenvalue weighted by Gasteiger charge is 2.44. The van der Waals surface area contributed by atoms with Crippen molar-refractivity contribution in [2.24, 2.45) is 11.1 Å². The monoisotopic (exact) mass is 842 g/mol. The first kappa shape index (κ1) is 42.5. The zero-order valence-electron chi connectivity index (χ0n) is 34.4. The number of carbonyl (C=O) groups is 3. The number of aliphatic hydroxyl groups is 1. The molecule has 0 radical (unpaired) electrons. The lowest BCUT2D eigenvalue weighted by molar-refractivity contribution is -0.142. The third kappa shape index (κ3) is 9.40. The van der Waals surface area contributed by atoms with Crippen LogP contribution >= 0.6 is 11.3 Å². The summed E-state index contributed by atoms with van der Waals surface area (Å²) in [6.07, 6.45) is 4.05. The fourth-order valence-corrected chi connectivity index (χ4v) is 8.38. The van der Waals surface area contributed by atoms with Crippen molar-refractivity contribution in [3.63, 3.8) is 0 Å². The minimum Gasteiger partial charge on any atom is -0.507 e. The maximum absolute atomic E-state index is 14.2. The summed E-state index contributed by atoms with van der Waals surface area (Å²) in [4.78, 5) is 50.2. The van der Waals surface area contributed by atoms with Crippen molar-refractivity contribution in [2.75, 3.05) is 24.5 Å². The lowest BCUT2D eigenvalue weighted by Gasteiger charge is -2.41. The fourth-order valence-electron chi connectivity index (χ4n) is 7.57. The molecule has 16 heteroatoms. The summed E-state index contributed by atoms with van der Waals surface area (Å²) in [5, 5.41) is 47.7. The van der Waals surface area contributed by atoms with Crippen LogP contribution in [-0.2, 0) is 16.1 Å². The molecule has 0 saturated carbocycles. The molecule has 0 unspecified atom stereocenters. The number of thiazole rings is 1. The molecule has 61 heavy (non-hydrogen) atoms. The molecule has 3 atom stereocenters. The van der Waals surface area contributed by atoms with Gasteiger partial charge < -0.3 is 41.8 Å². The van der Waals surface area contributed by atoms with Gasteiger partial charge in [0.2, 0.25) is 11.8 Å². The minimum absolute atomic E-state index is 0.0144. The summed E-state index contributed by atoms with van der Waals surface area (Å²) in [5.41, 5.74) is 12.4. The second-order valence-electron chi connectivity index (χ2n) is 16.6. The van der Waals surface area contributed by atoms with E-state index in [1.165, 1.54) is 17.0 Å². The first-order valence-electron chi connectivity index (χ1n) is 20.0.